The lowest BCUT2D eigenvalue weighted by molar-refractivity contribution is 0.0126. The van der Waals surface area contributed by atoms with Crippen LogP contribution >= 0.6 is 0 Å². The second kappa shape index (κ2) is 4.53. The van der Waals surface area contributed by atoms with Gasteiger partial charge in [-0.2, -0.15) is 4.31 Å². The lowest BCUT2D eigenvalue weighted by Crippen LogP contribution is -2.45. The zero-order chi connectivity index (χ0) is 13.4. The van der Waals surface area contributed by atoms with E-state index in [1.807, 2.05) is 0 Å². The van der Waals surface area contributed by atoms with Crippen molar-refractivity contribution in [2.75, 3.05) is 13.1 Å². The van der Waals surface area contributed by atoms with E-state index in [9.17, 15) is 18.6 Å². The van der Waals surface area contributed by atoms with Crippen molar-refractivity contribution in [3.63, 3.8) is 0 Å². The fourth-order valence-corrected chi connectivity index (χ4v) is 3.55. The first-order chi connectivity index (χ1) is 8.33. The highest BCUT2D eigenvalue weighted by atomic mass is 32.2. The van der Waals surface area contributed by atoms with E-state index in [2.05, 4.69) is 0 Å². The Hall–Kier alpha value is -1.11. The van der Waals surface area contributed by atoms with Crippen LogP contribution in [0.2, 0.25) is 0 Å². The van der Waals surface area contributed by atoms with Crippen LogP contribution in [-0.4, -0.2) is 41.6 Å². The molecule has 0 spiro atoms. The number of aliphatic hydroxyl groups is 1. The number of para-hydroxylation sites is 1. The quantitative estimate of drug-likeness (QED) is 0.838. The third-order valence-electron chi connectivity index (χ3n) is 3.28. The molecule has 2 rings (SSSR count). The minimum absolute atomic E-state index is 0.0773. The van der Waals surface area contributed by atoms with E-state index in [4.69, 9.17) is 0 Å². The maximum absolute atomic E-state index is 12.3. The monoisotopic (exact) mass is 271 g/mol. The Morgan fingerprint density at radius 3 is 2.33 bits per heavy atom. The van der Waals surface area contributed by atoms with Crippen molar-refractivity contribution in [2.24, 2.45) is 0 Å². The Morgan fingerprint density at radius 2 is 1.78 bits per heavy atom. The van der Waals surface area contributed by atoms with Gasteiger partial charge in [0.25, 0.3) is 0 Å². The standard InChI is InChI=1S/C12H17NO4S/c1-12(15)6-8-13(9-7-12)18(16,17)11-5-3-2-4-10(11)14/h2-5,14-15H,6-9H2,1H3. The van der Waals surface area contributed by atoms with Gasteiger partial charge in [0, 0.05) is 13.1 Å². The number of sulfonamides is 1. The Kier molecular flexibility index (Phi) is 3.35. The molecular formula is C12H17NO4S. The van der Waals surface area contributed by atoms with Gasteiger partial charge in [0.2, 0.25) is 10.0 Å². The van der Waals surface area contributed by atoms with Crippen LogP contribution in [0.4, 0.5) is 0 Å². The molecule has 0 radical (unpaired) electrons. The molecular weight excluding hydrogens is 254 g/mol. The predicted octanol–water partition coefficient (Wildman–Crippen LogP) is 0.928. The number of nitrogens with zero attached hydrogens (tertiary/aromatic N) is 1. The largest absolute Gasteiger partial charge is 0.507 e. The topological polar surface area (TPSA) is 77.8 Å². The minimum Gasteiger partial charge on any atom is -0.507 e. The fourth-order valence-electron chi connectivity index (χ4n) is 2.02. The highest BCUT2D eigenvalue weighted by Crippen LogP contribution is 2.29. The van der Waals surface area contributed by atoms with Gasteiger partial charge in [0.15, 0.2) is 0 Å². The average molecular weight is 271 g/mol. The molecule has 100 valence electrons. The number of aromatic hydroxyl groups is 1. The van der Waals surface area contributed by atoms with Crippen LogP contribution in [0.25, 0.3) is 0 Å². The number of phenols is 1. The zero-order valence-electron chi connectivity index (χ0n) is 10.2. The van der Waals surface area contributed by atoms with Crippen molar-refractivity contribution in [1.82, 2.24) is 4.31 Å². The van der Waals surface area contributed by atoms with Crippen LogP contribution in [0.15, 0.2) is 29.2 Å². The fraction of sp³-hybridized carbons (Fsp3) is 0.500. The molecule has 0 aliphatic carbocycles. The van der Waals surface area contributed by atoms with Crippen LogP contribution in [-0.2, 0) is 10.0 Å². The van der Waals surface area contributed by atoms with Gasteiger partial charge in [-0.3, -0.25) is 0 Å². The van der Waals surface area contributed by atoms with Crippen molar-refractivity contribution in [3.05, 3.63) is 24.3 Å². The molecule has 1 heterocycles. The molecule has 1 aromatic carbocycles. The van der Waals surface area contributed by atoms with Crippen molar-refractivity contribution in [3.8, 4) is 5.75 Å². The summed E-state index contributed by atoms with van der Waals surface area (Å²) in [5.41, 5.74) is -0.801. The van der Waals surface area contributed by atoms with Gasteiger partial charge in [-0.05, 0) is 31.9 Å². The molecule has 18 heavy (non-hydrogen) atoms. The number of hydrogen-bond acceptors (Lipinski definition) is 4. The van der Waals surface area contributed by atoms with E-state index < -0.39 is 15.6 Å². The van der Waals surface area contributed by atoms with Gasteiger partial charge in [0.05, 0.1) is 5.60 Å². The van der Waals surface area contributed by atoms with E-state index in [0.29, 0.717) is 12.8 Å². The molecule has 1 aliphatic heterocycles. The summed E-state index contributed by atoms with van der Waals surface area (Å²) in [6.45, 7) is 2.24. The molecule has 1 fully saturated rings. The van der Waals surface area contributed by atoms with Crippen molar-refractivity contribution in [2.45, 2.75) is 30.3 Å². The van der Waals surface area contributed by atoms with Crippen LogP contribution < -0.4 is 0 Å². The van der Waals surface area contributed by atoms with E-state index in [0.717, 1.165) is 0 Å². The molecule has 6 heteroatoms. The third kappa shape index (κ3) is 2.50. The molecule has 0 bridgehead atoms. The lowest BCUT2D eigenvalue weighted by Gasteiger charge is -2.35. The maximum Gasteiger partial charge on any atom is 0.246 e. The molecule has 1 saturated heterocycles. The maximum atomic E-state index is 12.3. The molecule has 0 unspecified atom stereocenters. The second-order valence-corrected chi connectivity index (χ2v) is 6.78. The summed E-state index contributed by atoms with van der Waals surface area (Å²) in [6, 6.07) is 5.90. The van der Waals surface area contributed by atoms with Crippen LogP contribution in [0, 0.1) is 0 Å². The Balaban J connectivity index is 2.26. The van der Waals surface area contributed by atoms with Gasteiger partial charge in [-0.1, -0.05) is 12.1 Å². The van der Waals surface area contributed by atoms with Crippen molar-refractivity contribution < 1.29 is 18.6 Å². The van der Waals surface area contributed by atoms with E-state index in [1.165, 1.54) is 16.4 Å². The number of benzene rings is 1. The smallest absolute Gasteiger partial charge is 0.246 e. The van der Waals surface area contributed by atoms with Crippen LogP contribution in [0.1, 0.15) is 19.8 Å². The van der Waals surface area contributed by atoms with Crippen LogP contribution in [0.3, 0.4) is 0 Å². The summed E-state index contributed by atoms with van der Waals surface area (Å²) >= 11 is 0. The lowest BCUT2D eigenvalue weighted by atomic mass is 9.95. The van der Waals surface area contributed by atoms with E-state index >= 15 is 0 Å². The summed E-state index contributed by atoms with van der Waals surface area (Å²) in [6.07, 6.45) is 0.805. The van der Waals surface area contributed by atoms with Gasteiger partial charge in [-0.15, -0.1) is 0 Å². The predicted molar refractivity (Wildman–Crippen MR) is 66.7 cm³/mol. The summed E-state index contributed by atoms with van der Waals surface area (Å²) in [5.74, 6) is -0.241. The molecule has 0 atom stereocenters. The van der Waals surface area contributed by atoms with E-state index in [-0.39, 0.29) is 23.7 Å². The molecule has 1 aromatic rings. The molecule has 1 aliphatic rings. The minimum atomic E-state index is -3.67. The number of rotatable bonds is 2. The molecule has 5 nitrogen and oxygen atoms in total. The molecule has 0 saturated carbocycles. The van der Waals surface area contributed by atoms with Crippen LogP contribution in [0.5, 0.6) is 5.75 Å². The number of hydrogen-bond donors (Lipinski definition) is 2. The number of phenolic OH excluding ortho intramolecular Hbond substituents is 1. The normalized spacial score (nSPS) is 20.8. The van der Waals surface area contributed by atoms with Crippen molar-refractivity contribution >= 4 is 10.0 Å². The first-order valence-electron chi connectivity index (χ1n) is 5.83. The van der Waals surface area contributed by atoms with Gasteiger partial charge < -0.3 is 10.2 Å². The van der Waals surface area contributed by atoms with Gasteiger partial charge in [-0.25, -0.2) is 8.42 Å². The number of piperidine rings is 1. The first-order valence-corrected chi connectivity index (χ1v) is 7.27. The Morgan fingerprint density at radius 1 is 1.22 bits per heavy atom. The summed E-state index contributed by atoms with van der Waals surface area (Å²) in [4.78, 5) is -0.0773. The summed E-state index contributed by atoms with van der Waals surface area (Å²) in [5, 5.41) is 19.4. The second-order valence-electron chi connectivity index (χ2n) is 4.87. The molecule has 0 amide bonds. The Bertz CT molecular complexity index is 529. The first kappa shape index (κ1) is 13.3. The zero-order valence-corrected chi connectivity index (χ0v) is 11.0. The molecule has 2 N–H and O–H groups in total. The van der Waals surface area contributed by atoms with Gasteiger partial charge in [0.1, 0.15) is 10.6 Å². The highest BCUT2D eigenvalue weighted by Gasteiger charge is 2.34. The van der Waals surface area contributed by atoms with Gasteiger partial charge >= 0.3 is 0 Å². The van der Waals surface area contributed by atoms with Crippen molar-refractivity contribution in [1.29, 1.82) is 0 Å². The SMILES string of the molecule is CC1(O)CCN(S(=O)(=O)c2ccccc2O)CC1. The molecule has 0 aromatic heterocycles. The summed E-state index contributed by atoms with van der Waals surface area (Å²) < 4.78 is 25.9. The third-order valence-corrected chi connectivity index (χ3v) is 5.23. The van der Waals surface area contributed by atoms with E-state index in [1.54, 1.807) is 19.1 Å². The highest BCUT2D eigenvalue weighted by molar-refractivity contribution is 7.89. The summed E-state index contributed by atoms with van der Waals surface area (Å²) in [7, 11) is -3.67. The average Bonchev–Trinajstić information content (AvgIpc) is 2.28. The Labute approximate surface area is 107 Å².